The number of hydrogen-bond donors (Lipinski definition) is 1. The molecule has 0 bridgehead atoms. The highest BCUT2D eigenvalue weighted by Gasteiger charge is 2.32. The largest absolute Gasteiger partial charge is 0.353 e. The Morgan fingerprint density at radius 3 is 2.69 bits per heavy atom. The maximum atomic E-state index is 12.4. The minimum atomic E-state index is 0.138. The molecule has 1 aromatic heterocycles. The lowest BCUT2D eigenvalue weighted by atomic mass is 9.69. The Labute approximate surface area is 162 Å². The second kappa shape index (κ2) is 8.77. The fourth-order valence-electron chi connectivity index (χ4n) is 4.27. The van der Waals surface area contributed by atoms with Crippen LogP contribution in [0.4, 0.5) is 0 Å². The second-order valence-corrected chi connectivity index (χ2v) is 9.55. The lowest BCUT2D eigenvalue weighted by Crippen LogP contribution is -2.40. The number of thioether (sulfide) groups is 1. The highest BCUT2D eigenvalue weighted by atomic mass is 32.2. The van der Waals surface area contributed by atoms with Crippen LogP contribution in [0.5, 0.6) is 0 Å². The molecule has 1 aliphatic carbocycles. The van der Waals surface area contributed by atoms with Crippen molar-refractivity contribution in [3.8, 4) is 0 Å². The number of hydrogen-bond acceptors (Lipinski definition) is 4. The summed E-state index contributed by atoms with van der Waals surface area (Å²) in [5.41, 5.74) is 0.427. The summed E-state index contributed by atoms with van der Waals surface area (Å²) in [6.45, 7) is 8.04. The smallest absolute Gasteiger partial charge is 0.230 e. The Hall–Kier alpha value is -1.04. The predicted octanol–water partition coefficient (Wildman–Crippen LogP) is 4.21. The lowest BCUT2D eigenvalue weighted by molar-refractivity contribution is -0.119. The number of rotatable bonds is 6. The van der Waals surface area contributed by atoms with Gasteiger partial charge in [-0.05, 0) is 49.9 Å². The average Bonchev–Trinajstić information content (AvgIpc) is 2.86. The van der Waals surface area contributed by atoms with Crippen LogP contribution in [0.15, 0.2) is 5.16 Å². The number of nitrogens with one attached hydrogen (secondary N) is 1. The molecule has 146 valence electrons. The highest BCUT2D eigenvalue weighted by Crippen LogP contribution is 2.40. The number of carbonyl (C=O) groups excluding carboxylic acids is 1. The topological polar surface area (TPSA) is 59.8 Å². The van der Waals surface area contributed by atoms with Gasteiger partial charge in [0.1, 0.15) is 5.82 Å². The average molecular weight is 379 g/mol. The number of aromatic nitrogens is 3. The van der Waals surface area contributed by atoms with E-state index in [0.717, 1.165) is 42.7 Å². The minimum absolute atomic E-state index is 0.138. The SMILES string of the molecule is CCC(C)(C)C1CCC(NC(=O)CSc2nnc3n2CCCCC3)CC1. The molecule has 26 heavy (non-hydrogen) atoms. The highest BCUT2D eigenvalue weighted by molar-refractivity contribution is 7.99. The lowest BCUT2D eigenvalue weighted by Gasteiger charge is -2.39. The number of nitrogens with zero attached hydrogens (tertiary/aromatic N) is 3. The van der Waals surface area contributed by atoms with Gasteiger partial charge in [0.2, 0.25) is 5.91 Å². The van der Waals surface area contributed by atoms with Crippen molar-refractivity contribution < 1.29 is 4.79 Å². The molecule has 2 aliphatic rings. The number of aryl methyl sites for hydroxylation is 1. The van der Waals surface area contributed by atoms with Gasteiger partial charge in [-0.15, -0.1) is 10.2 Å². The normalized spacial score (nSPS) is 24.0. The van der Waals surface area contributed by atoms with E-state index >= 15 is 0 Å². The first-order valence-electron chi connectivity index (χ1n) is 10.3. The number of fused-ring (bicyclic) bond motifs is 1. The molecule has 1 aliphatic heterocycles. The molecule has 2 heterocycles. The number of amides is 1. The summed E-state index contributed by atoms with van der Waals surface area (Å²) in [7, 11) is 0. The van der Waals surface area contributed by atoms with Gasteiger partial charge < -0.3 is 9.88 Å². The Balaban J connectivity index is 1.44. The van der Waals surface area contributed by atoms with Crippen molar-refractivity contribution in [3.05, 3.63) is 5.82 Å². The van der Waals surface area contributed by atoms with Gasteiger partial charge in [-0.25, -0.2) is 0 Å². The summed E-state index contributed by atoms with van der Waals surface area (Å²) in [6.07, 6.45) is 10.6. The maximum absolute atomic E-state index is 12.4. The van der Waals surface area contributed by atoms with E-state index in [1.54, 1.807) is 0 Å². The van der Waals surface area contributed by atoms with Crippen LogP contribution in [0.1, 0.15) is 78.0 Å². The Morgan fingerprint density at radius 2 is 1.96 bits per heavy atom. The van der Waals surface area contributed by atoms with Crippen molar-refractivity contribution in [1.29, 1.82) is 0 Å². The molecular weight excluding hydrogens is 344 g/mol. The molecule has 0 spiro atoms. The fourth-order valence-corrected chi connectivity index (χ4v) is 5.07. The third-order valence-corrected chi connectivity index (χ3v) is 7.48. The van der Waals surface area contributed by atoms with Crippen LogP contribution < -0.4 is 5.32 Å². The molecule has 0 radical (unpaired) electrons. The summed E-state index contributed by atoms with van der Waals surface area (Å²) >= 11 is 1.53. The first-order chi connectivity index (χ1) is 12.5. The first kappa shape index (κ1) is 19.7. The second-order valence-electron chi connectivity index (χ2n) is 8.61. The van der Waals surface area contributed by atoms with Crippen LogP contribution in [0.25, 0.3) is 0 Å². The van der Waals surface area contributed by atoms with Crippen LogP contribution in [0.3, 0.4) is 0 Å². The van der Waals surface area contributed by atoms with Crippen molar-refractivity contribution in [1.82, 2.24) is 20.1 Å². The van der Waals surface area contributed by atoms with E-state index in [0.29, 0.717) is 17.2 Å². The molecule has 1 amide bonds. The molecule has 1 aromatic rings. The van der Waals surface area contributed by atoms with E-state index < -0.39 is 0 Å². The Morgan fingerprint density at radius 1 is 1.19 bits per heavy atom. The molecule has 0 saturated heterocycles. The van der Waals surface area contributed by atoms with Crippen molar-refractivity contribution in [2.45, 2.75) is 96.3 Å². The van der Waals surface area contributed by atoms with Crippen molar-refractivity contribution in [3.63, 3.8) is 0 Å². The summed E-state index contributed by atoms with van der Waals surface area (Å²) in [5, 5.41) is 12.8. The monoisotopic (exact) mass is 378 g/mol. The van der Waals surface area contributed by atoms with Crippen LogP contribution in [0, 0.1) is 11.3 Å². The van der Waals surface area contributed by atoms with Crippen LogP contribution in [-0.4, -0.2) is 32.5 Å². The van der Waals surface area contributed by atoms with Gasteiger partial charge in [0, 0.05) is 19.0 Å². The zero-order chi connectivity index (χ0) is 18.6. The van der Waals surface area contributed by atoms with Gasteiger partial charge in [-0.1, -0.05) is 45.4 Å². The van der Waals surface area contributed by atoms with E-state index in [-0.39, 0.29) is 5.91 Å². The molecule has 0 atom stereocenters. The van der Waals surface area contributed by atoms with Gasteiger partial charge in [0.15, 0.2) is 5.16 Å². The van der Waals surface area contributed by atoms with Crippen LogP contribution >= 0.6 is 11.8 Å². The molecule has 1 saturated carbocycles. The van der Waals surface area contributed by atoms with E-state index in [1.807, 2.05) is 0 Å². The molecule has 3 rings (SSSR count). The molecule has 0 aromatic carbocycles. The van der Waals surface area contributed by atoms with Gasteiger partial charge in [-0.3, -0.25) is 4.79 Å². The molecule has 6 heteroatoms. The van der Waals surface area contributed by atoms with E-state index in [2.05, 4.69) is 40.9 Å². The summed E-state index contributed by atoms with van der Waals surface area (Å²) < 4.78 is 2.21. The standard InChI is InChI=1S/C20H34N4OS/c1-4-20(2,3)15-9-11-16(12-10-15)21-18(25)14-26-19-23-22-17-8-6-5-7-13-24(17)19/h15-16H,4-14H2,1-3H3,(H,21,25). The van der Waals surface area contributed by atoms with E-state index in [1.165, 1.54) is 50.3 Å². The van der Waals surface area contributed by atoms with Gasteiger partial charge in [0.25, 0.3) is 0 Å². The quantitative estimate of drug-likeness (QED) is 0.753. The number of carbonyl (C=O) groups is 1. The molecule has 5 nitrogen and oxygen atoms in total. The van der Waals surface area contributed by atoms with Gasteiger partial charge in [-0.2, -0.15) is 0 Å². The van der Waals surface area contributed by atoms with Crippen molar-refractivity contribution >= 4 is 17.7 Å². The summed E-state index contributed by atoms with van der Waals surface area (Å²) in [5.74, 6) is 2.46. The third kappa shape index (κ3) is 4.81. The minimum Gasteiger partial charge on any atom is -0.353 e. The molecular formula is C20H34N4OS. The third-order valence-electron chi connectivity index (χ3n) is 6.52. The van der Waals surface area contributed by atoms with Crippen LogP contribution in [-0.2, 0) is 17.8 Å². The summed E-state index contributed by atoms with van der Waals surface area (Å²) in [6, 6.07) is 0.350. The van der Waals surface area contributed by atoms with E-state index in [4.69, 9.17) is 0 Å². The van der Waals surface area contributed by atoms with Crippen molar-refractivity contribution in [2.24, 2.45) is 11.3 Å². The zero-order valence-electron chi connectivity index (χ0n) is 16.6. The molecule has 0 unspecified atom stereocenters. The maximum Gasteiger partial charge on any atom is 0.230 e. The Bertz CT molecular complexity index is 605. The van der Waals surface area contributed by atoms with Crippen molar-refractivity contribution in [2.75, 3.05) is 5.75 Å². The molecule has 1 fully saturated rings. The zero-order valence-corrected chi connectivity index (χ0v) is 17.4. The first-order valence-corrected chi connectivity index (χ1v) is 11.3. The van der Waals surface area contributed by atoms with Crippen LogP contribution in [0.2, 0.25) is 0 Å². The van der Waals surface area contributed by atoms with Gasteiger partial charge in [0.05, 0.1) is 5.75 Å². The molecule has 1 N–H and O–H groups in total. The predicted molar refractivity (Wildman–Crippen MR) is 106 cm³/mol. The Kier molecular flexibility index (Phi) is 6.65. The summed E-state index contributed by atoms with van der Waals surface area (Å²) in [4.78, 5) is 12.4. The van der Waals surface area contributed by atoms with Gasteiger partial charge >= 0.3 is 0 Å². The van der Waals surface area contributed by atoms with E-state index in [9.17, 15) is 4.79 Å². The fraction of sp³-hybridized carbons (Fsp3) is 0.850.